The van der Waals surface area contributed by atoms with E-state index in [2.05, 4.69) is 25.9 Å². The van der Waals surface area contributed by atoms with Crippen LogP contribution in [0.15, 0.2) is 54.9 Å². The number of aryl methyl sites for hydroxylation is 2. The van der Waals surface area contributed by atoms with Crippen LogP contribution in [0.5, 0.6) is 0 Å². The van der Waals surface area contributed by atoms with Crippen molar-refractivity contribution in [3.05, 3.63) is 71.7 Å². The van der Waals surface area contributed by atoms with Gasteiger partial charge >= 0.3 is 0 Å². The van der Waals surface area contributed by atoms with Gasteiger partial charge in [0.1, 0.15) is 11.5 Å². The summed E-state index contributed by atoms with van der Waals surface area (Å²) in [6.07, 6.45) is 2.91. The van der Waals surface area contributed by atoms with Crippen molar-refractivity contribution in [1.82, 2.24) is 9.97 Å². The highest BCUT2D eigenvalue weighted by atomic mass is 16.2. The van der Waals surface area contributed by atoms with Crippen molar-refractivity contribution in [3.63, 3.8) is 0 Å². The second-order valence-electron chi connectivity index (χ2n) is 6.39. The molecule has 3 rings (SSSR count). The Hall–Kier alpha value is -3.74. The van der Waals surface area contributed by atoms with Crippen LogP contribution in [0, 0.1) is 13.8 Å². The standard InChI is InChI=1S/C21H21N5O2/c1-13-6-4-7-14(2)20(13)26-21(28)18-11-23-19(12-22-18)25-17-9-5-8-16(10-17)24-15(3)27/h4-12H,1-3H3,(H,23,25)(H,24,27)(H,26,28). The molecule has 0 fully saturated rings. The van der Waals surface area contributed by atoms with Gasteiger partial charge in [0.15, 0.2) is 0 Å². The number of amides is 2. The van der Waals surface area contributed by atoms with Crippen LogP contribution in [0.3, 0.4) is 0 Å². The zero-order chi connectivity index (χ0) is 20.1. The molecule has 142 valence electrons. The highest BCUT2D eigenvalue weighted by molar-refractivity contribution is 6.03. The number of carbonyl (C=O) groups excluding carboxylic acids is 2. The number of hydrogen-bond acceptors (Lipinski definition) is 5. The molecule has 7 nitrogen and oxygen atoms in total. The predicted molar refractivity (Wildman–Crippen MR) is 110 cm³/mol. The predicted octanol–water partition coefficient (Wildman–Crippen LogP) is 4.05. The van der Waals surface area contributed by atoms with Crippen LogP contribution in [0.2, 0.25) is 0 Å². The van der Waals surface area contributed by atoms with Crippen molar-refractivity contribution in [2.45, 2.75) is 20.8 Å². The fourth-order valence-electron chi connectivity index (χ4n) is 2.72. The van der Waals surface area contributed by atoms with Crippen molar-refractivity contribution < 1.29 is 9.59 Å². The Morgan fingerprint density at radius 3 is 2.18 bits per heavy atom. The normalized spacial score (nSPS) is 10.2. The third-order valence-corrected chi connectivity index (χ3v) is 4.06. The molecule has 7 heteroatoms. The number of rotatable bonds is 5. The van der Waals surface area contributed by atoms with E-state index in [0.29, 0.717) is 11.5 Å². The largest absolute Gasteiger partial charge is 0.339 e. The average Bonchev–Trinajstić information content (AvgIpc) is 2.65. The van der Waals surface area contributed by atoms with E-state index >= 15 is 0 Å². The summed E-state index contributed by atoms with van der Waals surface area (Å²) < 4.78 is 0. The third-order valence-electron chi connectivity index (χ3n) is 4.06. The molecule has 0 spiro atoms. The molecule has 0 saturated heterocycles. The van der Waals surface area contributed by atoms with Gasteiger partial charge in [0.25, 0.3) is 5.91 Å². The molecule has 0 unspecified atom stereocenters. The molecule has 1 heterocycles. The smallest absolute Gasteiger partial charge is 0.275 e. The molecular formula is C21H21N5O2. The van der Waals surface area contributed by atoms with E-state index in [9.17, 15) is 9.59 Å². The zero-order valence-corrected chi connectivity index (χ0v) is 15.9. The second kappa shape index (κ2) is 8.30. The molecule has 0 aliphatic carbocycles. The molecule has 28 heavy (non-hydrogen) atoms. The fourth-order valence-corrected chi connectivity index (χ4v) is 2.72. The lowest BCUT2D eigenvalue weighted by Crippen LogP contribution is -2.15. The summed E-state index contributed by atoms with van der Waals surface area (Å²) in [5, 5.41) is 8.70. The van der Waals surface area contributed by atoms with Crippen LogP contribution in [0.1, 0.15) is 28.5 Å². The minimum atomic E-state index is -0.316. The molecule has 0 radical (unpaired) electrons. The summed E-state index contributed by atoms with van der Waals surface area (Å²) in [6, 6.07) is 13.1. The van der Waals surface area contributed by atoms with Gasteiger partial charge in [-0.15, -0.1) is 0 Å². The quantitative estimate of drug-likeness (QED) is 0.625. The Kier molecular flexibility index (Phi) is 5.64. The minimum absolute atomic E-state index is 0.142. The molecule has 0 aliphatic heterocycles. The van der Waals surface area contributed by atoms with Gasteiger partial charge < -0.3 is 16.0 Å². The molecular weight excluding hydrogens is 354 g/mol. The third kappa shape index (κ3) is 4.70. The molecule has 3 aromatic rings. The van der Waals surface area contributed by atoms with Gasteiger partial charge in [0, 0.05) is 24.0 Å². The molecule has 2 amide bonds. The lowest BCUT2D eigenvalue weighted by molar-refractivity contribution is -0.114. The number of aromatic nitrogens is 2. The SMILES string of the molecule is CC(=O)Nc1cccc(Nc2cnc(C(=O)Nc3c(C)cccc3C)cn2)c1. The van der Waals surface area contributed by atoms with Crippen LogP contribution in [0.4, 0.5) is 22.9 Å². The van der Waals surface area contributed by atoms with Crippen molar-refractivity contribution >= 4 is 34.7 Å². The van der Waals surface area contributed by atoms with Crippen LogP contribution in [-0.2, 0) is 4.79 Å². The number of hydrogen-bond donors (Lipinski definition) is 3. The van der Waals surface area contributed by atoms with Gasteiger partial charge in [-0.05, 0) is 43.2 Å². The van der Waals surface area contributed by atoms with Gasteiger partial charge in [-0.25, -0.2) is 9.97 Å². The summed E-state index contributed by atoms with van der Waals surface area (Å²) in [4.78, 5) is 32.1. The van der Waals surface area contributed by atoms with Crippen LogP contribution in [0.25, 0.3) is 0 Å². The van der Waals surface area contributed by atoms with Crippen molar-refractivity contribution in [3.8, 4) is 0 Å². The van der Waals surface area contributed by atoms with Crippen LogP contribution < -0.4 is 16.0 Å². The second-order valence-corrected chi connectivity index (χ2v) is 6.39. The Morgan fingerprint density at radius 2 is 1.54 bits per heavy atom. The highest BCUT2D eigenvalue weighted by Gasteiger charge is 2.11. The summed E-state index contributed by atoms with van der Waals surface area (Å²) in [7, 11) is 0. The summed E-state index contributed by atoms with van der Waals surface area (Å²) >= 11 is 0. The van der Waals surface area contributed by atoms with E-state index in [-0.39, 0.29) is 17.5 Å². The van der Waals surface area contributed by atoms with E-state index in [4.69, 9.17) is 0 Å². The first-order chi connectivity index (χ1) is 13.4. The molecule has 0 atom stereocenters. The number of nitrogens with one attached hydrogen (secondary N) is 3. The van der Waals surface area contributed by atoms with Crippen molar-refractivity contribution in [2.75, 3.05) is 16.0 Å². The molecule has 0 saturated carbocycles. The summed E-state index contributed by atoms with van der Waals surface area (Å²) in [5.74, 6) is 0.0314. The lowest BCUT2D eigenvalue weighted by Gasteiger charge is -2.11. The van der Waals surface area contributed by atoms with Gasteiger partial charge in [-0.2, -0.15) is 0 Å². The summed E-state index contributed by atoms with van der Waals surface area (Å²) in [5.41, 5.74) is 4.40. The Bertz CT molecular complexity index is 995. The number of anilines is 4. The Morgan fingerprint density at radius 1 is 0.857 bits per heavy atom. The van der Waals surface area contributed by atoms with E-state index in [0.717, 1.165) is 22.5 Å². The van der Waals surface area contributed by atoms with Crippen molar-refractivity contribution in [1.29, 1.82) is 0 Å². The number of para-hydroxylation sites is 1. The van der Waals surface area contributed by atoms with Crippen LogP contribution >= 0.6 is 0 Å². The van der Waals surface area contributed by atoms with Gasteiger partial charge in [0.2, 0.25) is 5.91 Å². The molecule has 0 bridgehead atoms. The topological polar surface area (TPSA) is 96.0 Å². The molecule has 2 aromatic carbocycles. The van der Waals surface area contributed by atoms with Gasteiger partial charge in [-0.1, -0.05) is 24.3 Å². The van der Waals surface area contributed by atoms with Crippen molar-refractivity contribution in [2.24, 2.45) is 0 Å². The van der Waals surface area contributed by atoms with E-state index < -0.39 is 0 Å². The maximum atomic E-state index is 12.5. The molecule has 3 N–H and O–H groups in total. The fraction of sp³-hybridized carbons (Fsp3) is 0.143. The maximum absolute atomic E-state index is 12.5. The number of benzene rings is 2. The summed E-state index contributed by atoms with van der Waals surface area (Å²) in [6.45, 7) is 5.33. The molecule has 1 aromatic heterocycles. The first-order valence-electron chi connectivity index (χ1n) is 8.76. The number of carbonyl (C=O) groups is 2. The van der Waals surface area contributed by atoms with Gasteiger partial charge in [-0.3, -0.25) is 9.59 Å². The maximum Gasteiger partial charge on any atom is 0.275 e. The minimum Gasteiger partial charge on any atom is -0.339 e. The first-order valence-corrected chi connectivity index (χ1v) is 8.76. The Labute approximate surface area is 163 Å². The van der Waals surface area contributed by atoms with Gasteiger partial charge in [0.05, 0.1) is 12.4 Å². The van der Waals surface area contributed by atoms with E-state index in [1.807, 2.05) is 44.2 Å². The monoisotopic (exact) mass is 375 g/mol. The average molecular weight is 375 g/mol. The van der Waals surface area contributed by atoms with E-state index in [1.165, 1.54) is 19.3 Å². The highest BCUT2D eigenvalue weighted by Crippen LogP contribution is 2.21. The van der Waals surface area contributed by atoms with E-state index in [1.54, 1.807) is 12.1 Å². The molecule has 0 aliphatic rings. The number of nitrogens with zero attached hydrogens (tertiary/aromatic N) is 2. The zero-order valence-electron chi connectivity index (χ0n) is 15.9. The van der Waals surface area contributed by atoms with Crippen LogP contribution in [-0.4, -0.2) is 21.8 Å². The first kappa shape index (κ1) is 19.0. The lowest BCUT2D eigenvalue weighted by atomic mass is 10.1. The Balaban J connectivity index is 1.70.